The second-order valence-corrected chi connectivity index (χ2v) is 4.94. The molecular weight excluding hydrogens is 190 g/mol. The molecule has 0 radical (unpaired) electrons. The summed E-state index contributed by atoms with van der Waals surface area (Å²) in [6.07, 6.45) is 8.33. The van der Waals surface area contributed by atoms with E-state index in [0.717, 1.165) is 19.3 Å². The maximum Gasteiger partial charge on any atom is 0.0724 e. The molecule has 0 aliphatic heterocycles. The van der Waals surface area contributed by atoms with Crippen molar-refractivity contribution in [3.05, 3.63) is 0 Å². The molecule has 4 atom stereocenters. The molecule has 88 valence electrons. The van der Waals surface area contributed by atoms with Crippen molar-refractivity contribution in [3.63, 3.8) is 0 Å². The second kappa shape index (κ2) is 5.28. The zero-order valence-corrected chi connectivity index (χ0v) is 9.61. The van der Waals surface area contributed by atoms with Gasteiger partial charge in [-0.05, 0) is 32.1 Å². The maximum atomic E-state index is 9.88. The van der Waals surface area contributed by atoms with Gasteiger partial charge in [0, 0.05) is 19.2 Å². The average Bonchev–Trinajstić information content (AvgIpc) is 2.69. The van der Waals surface area contributed by atoms with E-state index < -0.39 is 0 Å². The van der Waals surface area contributed by atoms with E-state index in [9.17, 15) is 5.11 Å². The van der Waals surface area contributed by atoms with Gasteiger partial charge >= 0.3 is 0 Å². The third-order valence-electron chi connectivity index (χ3n) is 3.91. The summed E-state index contributed by atoms with van der Waals surface area (Å²) in [7, 11) is 1.79. The first-order valence-corrected chi connectivity index (χ1v) is 6.28. The van der Waals surface area contributed by atoms with Crippen LogP contribution in [0.4, 0.5) is 0 Å². The van der Waals surface area contributed by atoms with E-state index in [2.05, 4.69) is 5.32 Å². The highest BCUT2D eigenvalue weighted by molar-refractivity contribution is 4.90. The van der Waals surface area contributed by atoms with Gasteiger partial charge in [0.05, 0.1) is 12.2 Å². The Morgan fingerprint density at radius 1 is 1.00 bits per heavy atom. The number of hydrogen-bond acceptors (Lipinski definition) is 3. The van der Waals surface area contributed by atoms with Gasteiger partial charge in [0.1, 0.15) is 0 Å². The Kier molecular flexibility index (Phi) is 4.00. The fourth-order valence-corrected chi connectivity index (χ4v) is 2.98. The van der Waals surface area contributed by atoms with Crippen molar-refractivity contribution >= 4 is 0 Å². The van der Waals surface area contributed by atoms with Crippen LogP contribution in [0.2, 0.25) is 0 Å². The van der Waals surface area contributed by atoms with E-state index in [1.54, 1.807) is 7.11 Å². The molecule has 0 aromatic carbocycles. The quantitative estimate of drug-likeness (QED) is 0.745. The Balaban J connectivity index is 1.84. The van der Waals surface area contributed by atoms with Gasteiger partial charge in [0.15, 0.2) is 0 Å². The van der Waals surface area contributed by atoms with Gasteiger partial charge in [-0.3, -0.25) is 0 Å². The molecule has 2 aliphatic rings. The SMILES string of the molecule is COC1CCCC1N[C@H]1CCCC[C@@H]1O. The van der Waals surface area contributed by atoms with Crippen molar-refractivity contribution in [3.8, 4) is 0 Å². The number of aliphatic hydroxyl groups is 1. The molecule has 0 bridgehead atoms. The standard InChI is InChI=1S/C12H23NO2/c1-15-12-8-4-6-10(12)13-9-5-2-3-7-11(9)14/h9-14H,2-8H2,1H3/t9-,10?,11-,12?/m0/s1. The number of aliphatic hydroxyl groups excluding tert-OH is 1. The van der Waals surface area contributed by atoms with E-state index in [-0.39, 0.29) is 6.10 Å². The topological polar surface area (TPSA) is 41.5 Å². The molecule has 0 saturated heterocycles. The van der Waals surface area contributed by atoms with Gasteiger partial charge in [0.25, 0.3) is 0 Å². The third-order valence-corrected chi connectivity index (χ3v) is 3.91. The molecule has 3 nitrogen and oxygen atoms in total. The molecule has 2 unspecified atom stereocenters. The number of nitrogens with one attached hydrogen (secondary N) is 1. The number of methoxy groups -OCH3 is 1. The molecular formula is C12H23NO2. The molecule has 2 saturated carbocycles. The number of rotatable bonds is 3. The zero-order chi connectivity index (χ0) is 10.7. The van der Waals surface area contributed by atoms with Crippen LogP contribution in [0.15, 0.2) is 0 Å². The Bertz CT molecular complexity index is 198. The summed E-state index contributed by atoms with van der Waals surface area (Å²) in [6.45, 7) is 0. The number of hydrogen-bond donors (Lipinski definition) is 2. The minimum absolute atomic E-state index is 0.142. The van der Waals surface area contributed by atoms with Crippen LogP contribution >= 0.6 is 0 Å². The highest BCUT2D eigenvalue weighted by Gasteiger charge is 2.31. The molecule has 2 aliphatic carbocycles. The zero-order valence-electron chi connectivity index (χ0n) is 9.61. The minimum atomic E-state index is -0.142. The van der Waals surface area contributed by atoms with Crippen molar-refractivity contribution in [1.29, 1.82) is 0 Å². The summed E-state index contributed by atoms with van der Waals surface area (Å²) in [6, 6.07) is 0.771. The lowest BCUT2D eigenvalue weighted by Gasteiger charge is -2.32. The summed E-state index contributed by atoms with van der Waals surface area (Å²) >= 11 is 0. The fraction of sp³-hybridized carbons (Fsp3) is 1.00. The van der Waals surface area contributed by atoms with Crippen LogP contribution in [-0.2, 0) is 4.74 Å². The highest BCUT2D eigenvalue weighted by atomic mass is 16.5. The van der Waals surface area contributed by atoms with Crippen molar-refractivity contribution < 1.29 is 9.84 Å². The minimum Gasteiger partial charge on any atom is -0.392 e. The van der Waals surface area contributed by atoms with E-state index in [1.807, 2.05) is 0 Å². The monoisotopic (exact) mass is 213 g/mol. The summed E-state index contributed by atoms with van der Waals surface area (Å²) < 4.78 is 5.46. The van der Waals surface area contributed by atoms with Crippen LogP contribution < -0.4 is 5.32 Å². The lowest BCUT2D eigenvalue weighted by molar-refractivity contribution is 0.0495. The summed E-state index contributed by atoms with van der Waals surface area (Å²) in [5.74, 6) is 0. The van der Waals surface area contributed by atoms with Gasteiger partial charge in [-0.25, -0.2) is 0 Å². The lowest BCUT2D eigenvalue weighted by atomic mass is 9.92. The molecule has 3 heteroatoms. The number of ether oxygens (including phenoxy) is 1. The van der Waals surface area contributed by atoms with Gasteiger partial charge in [-0.2, -0.15) is 0 Å². The second-order valence-electron chi connectivity index (χ2n) is 4.94. The predicted octanol–water partition coefficient (Wildman–Crippen LogP) is 1.45. The van der Waals surface area contributed by atoms with Crippen LogP contribution in [0.1, 0.15) is 44.9 Å². The van der Waals surface area contributed by atoms with Gasteiger partial charge in [0.2, 0.25) is 0 Å². The molecule has 2 rings (SSSR count). The predicted molar refractivity (Wildman–Crippen MR) is 59.8 cm³/mol. The third kappa shape index (κ3) is 2.71. The van der Waals surface area contributed by atoms with Crippen LogP contribution in [0, 0.1) is 0 Å². The highest BCUT2D eigenvalue weighted by Crippen LogP contribution is 2.25. The fourth-order valence-electron chi connectivity index (χ4n) is 2.98. The van der Waals surface area contributed by atoms with Gasteiger partial charge in [-0.15, -0.1) is 0 Å². The van der Waals surface area contributed by atoms with Crippen LogP contribution in [0.3, 0.4) is 0 Å². The first-order chi connectivity index (χ1) is 7.31. The molecule has 0 amide bonds. The normalized spacial score (nSPS) is 42.0. The molecule has 0 aromatic rings. The summed E-state index contributed by atoms with van der Waals surface area (Å²) in [4.78, 5) is 0. The van der Waals surface area contributed by atoms with Crippen molar-refractivity contribution in [2.45, 2.75) is 69.2 Å². The Hall–Kier alpha value is -0.120. The van der Waals surface area contributed by atoms with Crippen molar-refractivity contribution in [2.24, 2.45) is 0 Å². The smallest absolute Gasteiger partial charge is 0.0724 e. The van der Waals surface area contributed by atoms with Crippen molar-refractivity contribution in [1.82, 2.24) is 5.32 Å². The molecule has 15 heavy (non-hydrogen) atoms. The Labute approximate surface area is 92.2 Å². The molecule has 0 spiro atoms. The van der Waals surface area contributed by atoms with Gasteiger partial charge in [-0.1, -0.05) is 12.8 Å². The first kappa shape index (κ1) is 11.4. The first-order valence-electron chi connectivity index (χ1n) is 6.28. The van der Waals surface area contributed by atoms with E-state index in [4.69, 9.17) is 4.74 Å². The molecule has 2 fully saturated rings. The Morgan fingerprint density at radius 3 is 2.47 bits per heavy atom. The average molecular weight is 213 g/mol. The lowest BCUT2D eigenvalue weighted by Crippen LogP contribution is -2.49. The van der Waals surface area contributed by atoms with Crippen LogP contribution in [0.25, 0.3) is 0 Å². The largest absolute Gasteiger partial charge is 0.392 e. The molecule has 0 aromatic heterocycles. The summed E-state index contributed by atoms with van der Waals surface area (Å²) in [5.41, 5.74) is 0. The van der Waals surface area contributed by atoms with E-state index in [0.29, 0.717) is 18.2 Å². The van der Waals surface area contributed by atoms with Crippen LogP contribution in [-0.4, -0.2) is 36.5 Å². The summed E-state index contributed by atoms with van der Waals surface area (Å²) in [5, 5.41) is 13.5. The van der Waals surface area contributed by atoms with Gasteiger partial charge < -0.3 is 15.2 Å². The Morgan fingerprint density at radius 2 is 1.73 bits per heavy atom. The van der Waals surface area contributed by atoms with Crippen molar-refractivity contribution in [2.75, 3.05) is 7.11 Å². The maximum absolute atomic E-state index is 9.88. The van der Waals surface area contributed by atoms with Crippen LogP contribution in [0.5, 0.6) is 0 Å². The molecule has 0 heterocycles. The molecule has 2 N–H and O–H groups in total. The van der Waals surface area contributed by atoms with E-state index in [1.165, 1.54) is 25.7 Å². The van der Waals surface area contributed by atoms with E-state index >= 15 is 0 Å².